The first kappa shape index (κ1) is 17.9. The molecule has 1 fully saturated rings. The number of carbonyl (C=O) groups is 1. The van der Waals surface area contributed by atoms with E-state index in [1.54, 1.807) is 24.3 Å². The lowest BCUT2D eigenvalue weighted by Crippen LogP contribution is -2.33. The van der Waals surface area contributed by atoms with Crippen molar-refractivity contribution in [1.82, 2.24) is 10.6 Å². The van der Waals surface area contributed by atoms with E-state index in [2.05, 4.69) is 17.6 Å². The molecule has 5 nitrogen and oxygen atoms in total. The van der Waals surface area contributed by atoms with Gasteiger partial charge in [0, 0.05) is 19.2 Å². The smallest absolute Gasteiger partial charge is 0.220 e. The molecule has 0 bridgehead atoms. The van der Waals surface area contributed by atoms with Gasteiger partial charge in [-0.3, -0.25) is 4.79 Å². The van der Waals surface area contributed by atoms with Crippen molar-refractivity contribution in [3.05, 3.63) is 29.8 Å². The van der Waals surface area contributed by atoms with Gasteiger partial charge in [-0.2, -0.15) is 0 Å². The summed E-state index contributed by atoms with van der Waals surface area (Å²) in [7, 11) is -3.17. The highest BCUT2D eigenvalue weighted by Crippen LogP contribution is 2.24. The second-order valence-electron chi connectivity index (χ2n) is 6.46. The fraction of sp³-hybridized carbons (Fsp3) is 0.588. The molecule has 0 spiro atoms. The first-order valence-electron chi connectivity index (χ1n) is 8.12. The van der Waals surface area contributed by atoms with E-state index in [4.69, 9.17) is 0 Å². The van der Waals surface area contributed by atoms with Gasteiger partial charge in [-0.05, 0) is 55.5 Å². The Morgan fingerprint density at radius 1 is 1.26 bits per heavy atom. The lowest BCUT2D eigenvalue weighted by molar-refractivity contribution is -0.122. The highest BCUT2D eigenvalue weighted by molar-refractivity contribution is 7.90. The average molecular weight is 338 g/mol. The molecule has 128 valence electrons. The Bertz CT molecular complexity index is 620. The Morgan fingerprint density at radius 2 is 1.87 bits per heavy atom. The standard InChI is InChI=1S/C17H26N2O3S/c1-13(15-7-9-18-10-8-15)11-17(20)19-12-14-3-5-16(6-4-14)23(2,21)22/h3-6,13,15,18H,7-12H2,1-2H3,(H,19,20). The van der Waals surface area contributed by atoms with Crippen molar-refractivity contribution in [2.45, 2.75) is 37.6 Å². The minimum atomic E-state index is -3.17. The quantitative estimate of drug-likeness (QED) is 0.828. The number of piperidine rings is 1. The first-order chi connectivity index (χ1) is 10.9. The molecule has 1 aliphatic rings. The van der Waals surface area contributed by atoms with Crippen LogP contribution >= 0.6 is 0 Å². The molecule has 1 amide bonds. The zero-order valence-corrected chi connectivity index (χ0v) is 14.7. The van der Waals surface area contributed by atoms with Crippen molar-refractivity contribution in [2.75, 3.05) is 19.3 Å². The fourth-order valence-electron chi connectivity index (χ4n) is 3.00. The Balaban J connectivity index is 1.79. The van der Waals surface area contributed by atoms with Crippen LogP contribution in [0.2, 0.25) is 0 Å². The molecule has 1 aliphatic heterocycles. The highest BCUT2D eigenvalue weighted by atomic mass is 32.2. The maximum atomic E-state index is 12.1. The Morgan fingerprint density at radius 3 is 2.43 bits per heavy atom. The molecule has 1 unspecified atom stereocenters. The summed E-state index contributed by atoms with van der Waals surface area (Å²) < 4.78 is 22.8. The van der Waals surface area contributed by atoms with Crippen LogP contribution in [0.1, 0.15) is 31.7 Å². The number of rotatable bonds is 6. The van der Waals surface area contributed by atoms with Gasteiger partial charge in [-0.1, -0.05) is 19.1 Å². The number of carbonyl (C=O) groups excluding carboxylic acids is 1. The van der Waals surface area contributed by atoms with Crippen LogP contribution in [0, 0.1) is 11.8 Å². The number of hydrogen-bond donors (Lipinski definition) is 2. The molecule has 23 heavy (non-hydrogen) atoms. The summed E-state index contributed by atoms with van der Waals surface area (Å²) in [5.74, 6) is 1.07. The molecule has 6 heteroatoms. The van der Waals surface area contributed by atoms with Gasteiger partial charge in [-0.15, -0.1) is 0 Å². The number of benzene rings is 1. The molecular formula is C17H26N2O3S. The van der Waals surface area contributed by atoms with E-state index < -0.39 is 9.84 Å². The number of hydrogen-bond acceptors (Lipinski definition) is 4. The summed E-state index contributed by atoms with van der Waals surface area (Å²) in [5, 5.41) is 6.26. The third kappa shape index (κ3) is 5.62. The highest BCUT2D eigenvalue weighted by Gasteiger charge is 2.21. The third-order valence-electron chi connectivity index (χ3n) is 4.54. The Kier molecular flexibility index (Phi) is 6.18. The molecule has 1 atom stereocenters. The number of sulfone groups is 1. The van der Waals surface area contributed by atoms with Crippen molar-refractivity contribution >= 4 is 15.7 Å². The third-order valence-corrected chi connectivity index (χ3v) is 5.67. The van der Waals surface area contributed by atoms with Gasteiger partial charge >= 0.3 is 0 Å². The molecule has 0 saturated carbocycles. The van der Waals surface area contributed by atoms with Crippen LogP contribution in [0.4, 0.5) is 0 Å². The zero-order valence-electron chi connectivity index (χ0n) is 13.8. The Labute approximate surface area is 138 Å². The van der Waals surface area contributed by atoms with Crippen molar-refractivity contribution in [3.8, 4) is 0 Å². The van der Waals surface area contributed by atoms with E-state index in [0.717, 1.165) is 31.5 Å². The largest absolute Gasteiger partial charge is 0.352 e. The van der Waals surface area contributed by atoms with E-state index in [0.29, 0.717) is 29.7 Å². The van der Waals surface area contributed by atoms with Gasteiger partial charge in [0.25, 0.3) is 0 Å². The molecule has 2 rings (SSSR count). The monoisotopic (exact) mass is 338 g/mol. The molecule has 0 aromatic heterocycles. The number of amides is 1. The van der Waals surface area contributed by atoms with Gasteiger partial charge in [0.1, 0.15) is 0 Å². The summed E-state index contributed by atoms with van der Waals surface area (Å²) in [6.45, 7) is 4.67. The lowest BCUT2D eigenvalue weighted by Gasteiger charge is -2.27. The van der Waals surface area contributed by atoms with Gasteiger partial charge < -0.3 is 10.6 Å². The van der Waals surface area contributed by atoms with Crippen LogP contribution in [0.25, 0.3) is 0 Å². The van der Waals surface area contributed by atoms with Crippen molar-refractivity contribution in [1.29, 1.82) is 0 Å². The van der Waals surface area contributed by atoms with Crippen LogP contribution in [0.15, 0.2) is 29.2 Å². The van der Waals surface area contributed by atoms with E-state index in [-0.39, 0.29) is 5.91 Å². The van der Waals surface area contributed by atoms with Crippen LogP contribution < -0.4 is 10.6 Å². The minimum absolute atomic E-state index is 0.0585. The molecule has 1 aromatic rings. The minimum Gasteiger partial charge on any atom is -0.352 e. The Hall–Kier alpha value is -1.40. The fourth-order valence-corrected chi connectivity index (χ4v) is 3.63. The van der Waals surface area contributed by atoms with E-state index in [1.807, 2.05) is 0 Å². The van der Waals surface area contributed by atoms with Crippen LogP contribution in [0.5, 0.6) is 0 Å². The number of nitrogens with one attached hydrogen (secondary N) is 2. The molecular weight excluding hydrogens is 312 g/mol. The SMILES string of the molecule is CC(CC(=O)NCc1ccc(S(C)(=O)=O)cc1)C1CCNCC1. The van der Waals surface area contributed by atoms with E-state index in [9.17, 15) is 13.2 Å². The van der Waals surface area contributed by atoms with Crippen LogP contribution in [-0.4, -0.2) is 33.7 Å². The van der Waals surface area contributed by atoms with E-state index in [1.165, 1.54) is 6.26 Å². The van der Waals surface area contributed by atoms with Crippen molar-refractivity contribution < 1.29 is 13.2 Å². The topological polar surface area (TPSA) is 75.3 Å². The second kappa shape index (κ2) is 7.93. The van der Waals surface area contributed by atoms with Crippen molar-refractivity contribution in [2.24, 2.45) is 11.8 Å². The molecule has 0 aliphatic carbocycles. The molecule has 1 saturated heterocycles. The zero-order chi connectivity index (χ0) is 16.9. The normalized spacial score (nSPS) is 17.7. The van der Waals surface area contributed by atoms with Crippen molar-refractivity contribution in [3.63, 3.8) is 0 Å². The van der Waals surface area contributed by atoms with Gasteiger partial charge in [0.2, 0.25) is 5.91 Å². The summed E-state index contributed by atoms with van der Waals surface area (Å²) in [6.07, 6.45) is 4.01. The second-order valence-corrected chi connectivity index (χ2v) is 8.48. The van der Waals surface area contributed by atoms with Crippen LogP contribution in [0.3, 0.4) is 0 Å². The molecule has 1 aromatic carbocycles. The van der Waals surface area contributed by atoms with Gasteiger partial charge in [0.15, 0.2) is 9.84 Å². The van der Waals surface area contributed by atoms with Gasteiger partial charge in [0.05, 0.1) is 4.90 Å². The van der Waals surface area contributed by atoms with E-state index >= 15 is 0 Å². The average Bonchev–Trinajstić information content (AvgIpc) is 2.53. The maximum Gasteiger partial charge on any atom is 0.220 e. The summed E-state index contributed by atoms with van der Waals surface area (Å²) >= 11 is 0. The molecule has 2 N–H and O–H groups in total. The maximum absolute atomic E-state index is 12.1. The summed E-state index contributed by atoms with van der Waals surface area (Å²) in [5.41, 5.74) is 0.903. The first-order valence-corrected chi connectivity index (χ1v) is 10.0. The molecule has 1 heterocycles. The molecule has 0 radical (unpaired) electrons. The van der Waals surface area contributed by atoms with Crippen LogP contribution in [-0.2, 0) is 21.2 Å². The lowest BCUT2D eigenvalue weighted by atomic mass is 9.84. The predicted octanol–water partition coefficient (Wildman–Crippen LogP) is 1.73. The van der Waals surface area contributed by atoms with Gasteiger partial charge in [-0.25, -0.2) is 8.42 Å². The summed E-state index contributed by atoms with van der Waals surface area (Å²) in [4.78, 5) is 12.4. The summed E-state index contributed by atoms with van der Waals surface area (Å²) in [6, 6.07) is 6.64. The predicted molar refractivity (Wildman–Crippen MR) is 90.8 cm³/mol.